The molecule has 15 heavy (non-hydrogen) atoms. The van der Waals surface area contributed by atoms with Crippen molar-refractivity contribution in [3.63, 3.8) is 0 Å². The number of aromatic hydroxyl groups is 1. The Morgan fingerprint density at radius 2 is 1.87 bits per heavy atom. The molecule has 0 saturated heterocycles. The summed E-state index contributed by atoms with van der Waals surface area (Å²) in [6, 6.07) is 13.0. The van der Waals surface area contributed by atoms with Crippen LogP contribution in [0, 0.1) is 6.92 Å². The molecular weight excluding hydrogens is 208 g/mol. The lowest BCUT2D eigenvalue weighted by molar-refractivity contribution is 0.475. The van der Waals surface area contributed by atoms with Gasteiger partial charge in [-0.3, -0.25) is 0 Å². The summed E-state index contributed by atoms with van der Waals surface area (Å²) >= 11 is 6.13. The highest BCUT2D eigenvalue weighted by molar-refractivity contribution is 6.33. The highest BCUT2D eigenvalue weighted by Gasteiger charge is 2.03. The van der Waals surface area contributed by atoms with Crippen molar-refractivity contribution < 1.29 is 5.11 Å². The third-order valence-corrected chi connectivity index (χ3v) is 2.59. The van der Waals surface area contributed by atoms with Crippen molar-refractivity contribution >= 4 is 11.6 Å². The number of hydrogen-bond donors (Lipinski definition) is 1. The van der Waals surface area contributed by atoms with Gasteiger partial charge in [-0.1, -0.05) is 35.9 Å². The molecular formula is C13H11ClO. The van der Waals surface area contributed by atoms with Crippen LogP contribution in [-0.4, -0.2) is 5.11 Å². The molecule has 0 aromatic heterocycles. The van der Waals surface area contributed by atoms with Crippen LogP contribution >= 0.6 is 11.6 Å². The molecule has 76 valence electrons. The number of phenols is 1. The van der Waals surface area contributed by atoms with Crippen LogP contribution < -0.4 is 0 Å². The number of halogens is 1. The molecule has 1 N–H and O–H groups in total. The fourth-order valence-corrected chi connectivity index (χ4v) is 1.87. The van der Waals surface area contributed by atoms with Crippen LogP contribution in [0.4, 0.5) is 0 Å². The molecule has 0 unspecified atom stereocenters. The Bertz CT molecular complexity index is 492. The van der Waals surface area contributed by atoms with E-state index in [9.17, 15) is 5.11 Å². The summed E-state index contributed by atoms with van der Waals surface area (Å²) in [7, 11) is 0. The standard InChI is InChI=1S/C13H11ClO/c1-9-5-6-12(13(14)7-9)10-3-2-4-11(15)8-10/h2-8,15H,1H3. The largest absolute Gasteiger partial charge is 0.508 e. The van der Waals surface area contributed by atoms with Crippen molar-refractivity contribution in [1.29, 1.82) is 0 Å². The first-order valence-electron chi connectivity index (χ1n) is 4.72. The Hall–Kier alpha value is -1.47. The molecule has 0 atom stereocenters. The Labute approximate surface area is 94.0 Å². The van der Waals surface area contributed by atoms with Crippen LogP contribution in [0.1, 0.15) is 5.56 Å². The predicted octanol–water partition coefficient (Wildman–Crippen LogP) is 4.02. The summed E-state index contributed by atoms with van der Waals surface area (Å²) in [5.41, 5.74) is 3.00. The van der Waals surface area contributed by atoms with Crippen molar-refractivity contribution in [3.05, 3.63) is 53.1 Å². The van der Waals surface area contributed by atoms with Gasteiger partial charge in [0.2, 0.25) is 0 Å². The van der Waals surface area contributed by atoms with Crippen molar-refractivity contribution in [1.82, 2.24) is 0 Å². The summed E-state index contributed by atoms with van der Waals surface area (Å²) in [4.78, 5) is 0. The maximum atomic E-state index is 9.38. The molecule has 2 heteroatoms. The van der Waals surface area contributed by atoms with Gasteiger partial charge in [0.05, 0.1) is 0 Å². The first-order valence-corrected chi connectivity index (χ1v) is 5.10. The summed E-state index contributed by atoms with van der Waals surface area (Å²) in [5.74, 6) is 0.254. The minimum atomic E-state index is 0.254. The maximum absolute atomic E-state index is 9.38. The van der Waals surface area contributed by atoms with E-state index >= 15 is 0 Å². The van der Waals surface area contributed by atoms with Gasteiger partial charge in [-0.15, -0.1) is 0 Å². The number of rotatable bonds is 1. The SMILES string of the molecule is Cc1ccc(-c2cccc(O)c2)c(Cl)c1. The second-order valence-corrected chi connectivity index (χ2v) is 3.94. The van der Waals surface area contributed by atoms with Crippen LogP contribution in [0.15, 0.2) is 42.5 Å². The third-order valence-electron chi connectivity index (χ3n) is 2.28. The fourth-order valence-electron chi connectivity index (χ4n) is 1.53. The Balaban J connectivity index is 2.54. The fraction of sp³-hybridized carbons (Fsp3) is 0.0769. The van der Waals surface area contributed by atoms with Crippen LogP contribution in [0.3, 0.4) is 0 Å². The van der Waals surface area contributed by atoms with Crippen molar-refractivity contribution in [2.75, 3.05) is 0 Å². The zero-order valence-electron chi connectivity index (χ0n) is 8.37. The minimum absolute atomic E-state index is 0.254. The molecule has 0 fully saturated rings. The van der Waals surface area contributed by atoms with Crippen molar-refractivity contribution in [2.24, 2.45) is 0 Å². The van der Waals surface area contributed by atoms with Gasteiger partial charge in [-0.05, 0) is 36.2 Å². The first kappa shape index (κ1) is 10.1. The lowest BCUT2D eigenvalue weighted by Crippen LogP contribution is -1.80. The molecule has 0 bridgehead atoms. The normalized spacial score (nSPS) is 10.3. The van der Waals surface area contributed by atoms with E-state index in [0.717, 1.165) is 16.7 Å². The van der Waals surface area contributed by atoms with Crippen LogP contribution in [-0.2, 0) is 0 Å². The zero-order chi connectivity index (χ0) is 10.8. The van der Waals surface area contributed by atoms with Crippen molar-refractivity contribution in [3.8, 4) is 16.9 Å². The number of hydrogen-bond acceptors (Lipinski definition) is 1. The smallest absolute Gasteiger partial charge is 0.116 e. The van der Waals surface area contributed by atoms with Gasteiger partial charge in [-0.2, -0.15) is 0 Å². The van der Waals surface area contributed by atoms with Crippen LogP contribution in [0.2, 0.25) is 5.02 Å². The van der Waals surface area contributed by atoms with Gasteiger partial charge in [-0.25, -0.2) is 0 Å². The summed E-state index contributed by atoms with van der Waals surface area (Å²) in [5, 5.41) is 10.1. The molecule has 1 nitrogen and oxygen atoms in total. The molecule has 0 spiro atoms. The van der Waals surface area contributed by atoms with E-state index in [0.29, 0.717) is 5.02 Å². The molecule has 2 aromatic carbocycles. The van der Waals surface area contributed by atoms with E-state index in [4.69, 9.17) is 11.6 Å². The van der Waals surface area contributed by atoms with Crippen molar-refractivity contribution in [2.45, 2.75) is 6.92 Å². The maximum Gasteiger partial charge on any atom is 0.116 e. The van der Waals surface area contributed by atoms with Gasteiger partial charge in [0.15, 0.2) is 0 Å². The first-order chi connectivity index (χ1) is 7.16. The molecule has 0 amide bonds. The molecule has 2 aromatic rings. The van der Waals surface area contributed by atoms with Crippen LogP contribution in [0.25, 0.3) is 11.1 Å². The lowest BCUT2D eigenvalue weighted by atomic mass is 10.0. The number of aryl methyl sites for hydroxylation is 1. The van der Waals surface area contributed by atoms with Gasteiger partial charge >= 0.3 is 0 Å². The summed E-state index contributed by atoms with van der Waals surface area (Å²) in [6.45, 7) is 2.00. The highest BCUT2D eigenvalue weighted by atomic mass is 35.5. The van der Waals surface area contributed by atoms with E-state index in [2.05, 4.69) is 0 Å². The molecule has 0 radical (unpaired) electrons. The van der Waals surface area contributed by atoms with E-state index in [1.165, 1.54) is 0 Å². The van der Waals surface area contributed by atoms with Gasteiger partial charge < -0.3 is 5.11 Å². The quantitative estimate of drug-likeness (QED) is 0.767. The third kappa shape index (κ3) is 2.13. The summed E-state index contributed by atoms with van der Waals surface area (Å²) < 4.78 is 0. The molecule has 0 aliphatic rings. The minimum Gasteiger partial charge on any atom is -0.508 e. The summed E-state index contributed by atoms with van der Waals surface area (Å²) in [6.07, 6.45) is 0. The molecule has 0 aliphatic carbocycles. The van der Waals surface area contributed by atoms with E-state index in [1.807, 2.05) is 31.2 Å². The molecule has 0 heterocycles. The Kier molecular flexibility index (Phi) is 2.65. The van der Waals surface area contributed by atoms with Gasteiger partial charge in [0.25, 0.3) is 0 Å². The zero-order valence-corrected chi connectivity index (χ0v) is 9.12. The molecule has 0 aliphatic heterocycles. The van der Waals surface area contributed by atoms with Gasteiger partial charge in [0, 0.05) is 10.6 Å². The Morgan fingerprint density at radius 3 is 2.53 bits per heavy atom. The average Bonchev–Trinajstić information content (AvgIpc) is 2.17. The van der Waals surface area contributed by atoms with E-state index < -0.39 is 0 Å². The predicted molar refractivity (Wildman–Crippen MR) is 63.3 cm³/mol. The second kappa shape index (κ2) is 3.95. The topological polar surface area (TPSA) is 20.2 Å². The van der Waals surface area contributed by atoms with E-state index in [1.54, 1.807) is 18.2 Å². The molecule has 0 saturated carbocycles. The van der Waals surface area contributed by atoms with Gasteiger partial charge in [0.1, 0.15) is 5.75 Å². The molecule has 2 rings (SSSR count). The van der Waals surface area contributed by atoms with E-state index in [-0.39, 0.29) is 5.75 Å². The average molecular weight is 219 g/mol. The highest BCUT2D eigenvalue weighted by Crippen LogP contribution is 2.30. The number of phenolic OH excluding ortho intramolecular Hbond substituents is 1. The number of benzene rings is 2. The second-order valence-electron chi connectivity index (χ2n) is 3.53. The van der Waals surface area contributed by atoms with Crippen LogP contribution in [0.5, 0.6) is 5.75 Å². The monoisotopic (exact) mass is 218 g/mol. The Morgan fingerprint density at radius 1 is 1.07 bits per heavy atom. The lowest BCUT2D eigenvalue weighted by Gasteiger charge is -2.05.